The van der Waals surface area contributed by atoms with Gasteiger partial charge in [0.2, 0.25) is 0 Å². The molecule has 6 unspecified atom stereocenters. The topological polar surface area (TPSA) is 68.0 Å². The number of fused-ring (bicyclic) bond motifs is 1. The van der Waals surface area contributed by atoms with Crippen LogP contribution < -0.4 is 5.73 Å². The summed E-state index contributed by atoms with van der Waals surface area (Å²) in [6, 6.07) is 0. The fourth-order valence-corrected chi connectivity index (χ4v) is 3.07. The maximum Gasteiger partial charge on any atom is 0.112 e. The molecule has 4 heteroatoms. The van der Waals surface area contributed by atoms with Gasteiger partial charge in [0.15, 0.2) is 0 Å². The molecule has 2 heterocycles. The molecular weight excluding hydrogens is 194 g/mol. The van der Waals surface area contributed by atoms with Gasteiger partial charge in [-0.1, -0.05) is 0 Å². The van der Waals surface area contributed by atoms with Crippen molar-refractivity contribution in [2.45, 2.75) is 56.2 Å². The van der Waals surface area contributed by atoms with Crippen LogP contribution in [-0.4, -0.2) is 42.2 Å². The lowest BCUT2D eigenvalue weighted by Crippen LogP contribution is -2.29. The van der Waals surface area contributed by atoms with Gasteiger partial charge >= 0.3 is 0 Å². The smallest absolute Gasteiger partial charge is 0.112 e. The first-order chi connectivity index (χ1) is 7.28. The maximum atomic E-state index is 9.56. The first-order valence-corrected chi connectivity index (χ1v) is 5.97. The molecule has 0 spiro atoms. The zero-order valence-electron chi connectivity index (χ0n) is 8.84. The van der Waals surface area contributed by atoms with Gasteiger partial charge in [0, 0.05) is 6.54 Å². The molecule has 4 nitrogen and oxygen atoms in total. The standard InChI is InChI=1S/C11H19NO3/c12-5-10-11(15-10)9-3-6-1-2-7(13)4-8(6)14-9/h6-11,13H,1-5,12H2. The van der Waals surface area contributed by atoms with Crippen LogP contribution in [0.25, 0.3) is 0 Å². The van der Waals surface area contributed by atoms with Gasteiger partial charge in [0.05, 0.1) is 24.4 Å². The van der Waals surface area contributed by atoms with Gasteiger partial charge in [-0.05, 0) is 31.6 Å². The van der Waals surface area contributed by atoms with Gasteiger partial charge in [-0.25, -0.2) is 0 Å². The third-order valence-corrected chi connectivity index (χ3v) is 4.01. The van der Waals surface area contributed by atoms with E-state index in [0.29, 0.717) is 12.5 Å². The summed E-state index contributed by atoms with van der Waals surface area (Å²) in [5.74, 6) is 0.640. The molecule has 0 aromatic rings. The van der Waals surface area contributed by atoms with Crippen LogP contribution in [0.2, 0.25) is 0 Å². The van der Waals surface area contributed by atoms with E-state index in [0.717, 1.165) is 25.7 Å². The molecule has 2 saturated heterocycles. The third-order valence-electron chi connectivity index (χ3n) is 4.01. The van der Waals surface area contributed by atoms with E-state index in [1.54, 1.807) is 0 Å². The van der Waals surface area contributed by atoms with Crippen LogP contribution >= 0.6 is 0 Å². The van der Waals surface area contributed by atoms with Crippen molar-refractivity contribution in [3.05, 3.63) is 0 Å². The molecule has 0 aromatic heterocycles. The summed E-state index contributed by atoms with van der Waals surface area (Å²) < 4.78 is 11.4. The van der Waals surface area contributed by atoms with Crippen LogP contribution in [0.1, 0.15) is 25.7 Å². The molecule has 0 aromatic carbocycles. The largest absolute Gasteiger partial charge is 0.393 e. The van der Waals surface area contributed by atoms with Gasteiger partial charge in [-0.15, -0.1) is 0 Å². The summed E-state index contributed by atoms with van der Waals surface area (Å²) in [5, 5.41) is 9.56. The first-order valence-electron chi connectivity index (χ1n) is 5.97. The van der Waals surface area contributed by atoms with Gasteiger partial charge in [-0.2, -0.15) is 0 Å². The molecule has 3 aliphatic rings. The Labute approximate surface area is 89.7 Å². The molecule has 3 rings (SSSR count). The molecule has 0 amide bonds. The predicted molar refractivity (Wildman–Crippen MR) is 54.3 cm³/mol. The van der Waals surface area contributed by atoms with E-state index >= 15 is 0 Å². The number of ether oxygens (including phenoxy) is 2. The minimum absolute atomic E-state index is 0.157. The van der Waals surface area contributed by atoms with Crippen LogP contribution in [0.5, 0.6) is 0 Å². The molecule has 3 fully saturated rings. The van der Waals surface area contributed by atoms with E-state index in [9.17, 15) is 5.11 Å². The summed E-state index contributed by atoms with van der Waals surface area (Å²) in [5.41, 5.74) is 5.54. The van der Waals surface area contributed by atoms with Gasteiger partial charge in [0.1, 0.15) is 6.10 Å². The third kappa shape index (κ3) is 1.80. The number of aliphatic hydroxyl groups is 1. The highest BCUT2D eigenvalue weighted by Gasteiger charge is 2.51. The minimum Gasteiger partial charge on any atom is -0.393 e. The highest BCUT2D eigenvalue weighted by Crippen LogP contribution is 2.42. The molecule has 86 valence electrons. The van der Waals surface area contributed by atoms with Gasteiger partial charge in [0.25, 0.3) is 0 Å². The molecule has 1 aliphatic carbocycles. The molecule has 15 heavy (non-hydrogen) atoms. The fourth-order valence-electron chi connectivity index (χ4n) is 3.07. The van der Waals surface area contributed by atoms with Crippen molar-refractivity contribution in [1.82, 2.24) is 0 Å². The van der Waals surface area contributed by atoms with E-state index in [1.165, 1.54) is 0 Å². The minimum atomic E-state index is -0.157. The van der Waals surface area contributed by atoms with E-state index in [-0.39, 0.29) is 30.5 Å². The number of rotatable bonds is 2. The van der Waals surface area contributed by atoms with E-state index in [1.807, 2.05) is 0 Å². The molecule has 0 radical (unpaired) electrons. The average molecular weight is 213 g/mol. The lowest BCUT2D eigenvalue weighted by Gasteiger charge is -2.27. The molecule has 6 atom stereocenters. The number of hydrogen-bond acceptors (Lipinski definition) is 4. The van der Waals surface area contributed by atoms with Crippen molar-refractivity contribution < 1.29 is 14.6 Å². The molecular formula is C11H19NO3. The molecule has 2 aliphatic heterocycles. The van der Waals surface area contributed by atoms with E-state index in [4.69, 9.17) is 15.2 Å². The number of epoxide rings is 1. The second-order valence-corrected chi connectivity index (χ2v) is 5.05. The SMILES string of the molecule is NCC1OC1C1CC2CCC(O)CC2O1. The Bertz CT molecular complexity index is 248. The van der Waals surface area contributed by atoms with Crippen LogP contribution in [0.4, 0.5) is 0 Å². The van der Waals surface area contributed by atoms with E-state index < -0.39 is 0 Å². The number of aliphatic hydroxyl groups excluding tert-OH is 1. The van der Waals surface area contributed by atoms with Crippen molar-refractivity contribution in [2.75, 3.05) is 6.54 Å². The summed E-state index contributed by atoms with van der Waals surface area (Å²) in [7, 11) is 0. The van der Waals surface area contributed by atoms with Crippen molar-refractivity contribution in [3.63, 3.8) is 0 Å². The lowest BCUT2D eigenvalue weighted by molar-refractivity contribution is -0.0262. The van der Waals surface area contributed by atoms with Crippen molar-refractivity contribution in [3.8, 4) is 0 Å². The van der Waals surface area contributed by atoms with Crippen molar-refractivity contribution >= 4 is 0 Å². The molecule has 1 saturated carbocycles. The van der Waals surface area contributed by atoms with Crippen molar-refractivity contribution in [1.29, 1.82) is 0 Å². The Hall–Kier alpha value is -0.160. The van der Waals surface area contributed by atoms with Crippen molar-refractivity contribution in [2.24, 2.45) is 11.7 Å². The summed E-state index contributed by atoms with van der Waals surface area (Å²) in [4.78, 5) is 0. The van der Waals surface area contributed by atoms with Crippen LogP contribution in [-0.2, 0) is 9.47 Å². The van der Waals surface area contributed by atoms with Crippen LogP contribution in [0, 0.1) is 5.92 Å². The highest BCUT2D eigenvalue weighted by molar-refractivity contribution is 4.99. The maximum absolute atomic E-state index is 9.56. The molecule has 3 N–H and O–H groups in total. The van der Waals surface area contributed by atoms with Crippen LogP contribution in [0.3, 0.4) is 0 Å². The number of nitrogens with two attached hydrogens (primary N) is 1. The molecule has 0 bridgehead atoms. The quantitative estimate of drug-likeness (QED) is 0.635. The highest BCUT2D eigenvalue weighted by atomic mass is 16.6. The summed E-state index contributed by atoms with van der Waals surface area (Å²) in [6.45, 7) is 0.600. The first kappa shape index (κ1) is 10.0. The number of hydrogen-bond donors (Lipinski definition) is 2. The normalized spacial score (nSPS) is 54.0. The Balaban J connectivity index is 1.58. The Kier molecular flexibility index (Phi) is 2.47. The van der Waals surface area contributed by atoms with E-state index in [2.05, 4.69) is 0 Å². The Morgan fingerprint density at radius 3 is 2.73 bits per heavy atom. The second-order valence-electron chi connectivity index (χ2n) is 5.05. The lowest BCUT2D eigenvalue weighted by atomic mass is 9.83. The Morgan fingerprint density at radius 1 is 1.13 bits per heavy atom. The summed E-state index contributed by atoms with van der Waals surface area (Å²) in [6.07, 6.45) is 4.74. The monoisotopic (exact) mass is 213 g/mol. The summed E-state index contributed by atoms with van der Waals surface area (Å²) >= 11 is 0. The fraction of sp³-hybridized carbons (Fsp3) is 1.00. The zero-order valence-corrected chi connectivity index (χ0v) is 8.84. The zero-order chi connectivity index (χ0) is 10.4. The predicted octanol–water partition coefficient (Wildman–Crippen LogP) is 0.0310. The Morgan fingerprint density at radius 2 is 2.00 bits per heavy atom. The van der Waals surface area contributed by atoms with Gasteiger partial charge in [-0.3, -0.25) is 0 Å². The van der Waals surface area contributed by atoms with Crippen LogP contribution in [0.15, 0.2) is 0 Å². The van der Waals surface area contributed by atoms with Gasteiger partial charge < -0.3 is 20.3 Å². The average Bonchev–Trinajstić information content (AvgIpc) is 2.91. The second kappa shape index (κ2) is 3.70.